The Morgan fingerprint density at radius 1 is 0.477 bits per heavy atom. The number of amides is 2. The van der Waals surface area contributed by atoms with Crippen molar-refractivity contribution in [3.63, 3.8) is 0 Å². The first kappa shape index (κ1) is 83.5. The summed E-state index contributed by atoms with van der Waals surface area (Å²) in [6, 6.07) is 23.1. The highest BCUT2D eigenvalue weighted by Gasteiger charge is 2.30. The quantitative estimate of drug-likeness (QED) is 0.0497. The van der Waals surface area contributed by atoms with Crippen molar-refractivity contribution in [2.24, 2.45) is 0 Å². The van der Waals surface area contributed by atoms with Crippen LogP contribution in [0, 0.1) is 17.5 Å². The number of aromatic nitrogens is 5. The van der Waals surface area contributed by atoms with Gasteiger partial charge in [0.25, 0.3) is 10.2 Å². The van der Waals surface area contributed by atoms with Crippen molar-refractivity contribution in [3.05, 3.63) is 183 Å². The van der Waals surface area contributed by atoms with Gasteiger partial charge in [0, 0.05) is 214 Å². The maximum Gasteiger partial charge on any atom is 0.279 e. The molecule has 5 aliphatic rings. The van der Waals surface area contributed by atoms with Crippen LogP contribution < -0.4 is 14.2 Å². The zero-order valence-corrected chi connectivity index (χ0v) is 67.9. The van der Waals surface area contributed by atoms with Crippen LogP contribution in [0.15, 0.2) is 128 Å². The van der Waals surface area contributed by atoms with Gasteiger partial charge in [-0.3, -0.25) is 9.59 Å². The summed E-state index contributed by atoms with van der Waals surface area (Å²) in [6.45, 7) is 12.2. The third-order valence-corrected chi connectivity index (χ3v) is 25.6. The van der Waals surface area contributed by atoms with Crippen LogP contribution in [-0.4, -0.2) is 234 Å². The van der Waals surface area contributed by atoms with Gasteiger partial charge >= 0.3 is 0 Å². The molecule has 0 aliphatic carbocycles. The molecule has 5 aliphatic heterocycles. The van der Waals surface area contributed by atoms with Gasteiger partial charge in [-0.2, -0.15) is 17.0 Å². The number of rotatable bonds is 17. The summed E-state index contributed by atoms with van der Waals surface area (Å²) >= 11 is 11.7. The molecule has 0 radical (unpaired) electrons. The van der Waals surface area contributed by atoms with Crippen molar-refractivity contribution in [2.45, 2.75) is 70.6 Å². The number of H-pyrrole nitrogens is 5. The summed E-state index contributed by atoms with van der Waals surface area (Å²) in [5.41, 5.74) is 13.6. The summed E-state index contributed by atoms with van der Waals surface area (Å²) in [7, 11) is -0.0990. The number of ether oxygens (including phenoxy) is 2. The minimum Gasteiger partial charge on any atom is -0.492 e. The predicted molar refractivity (Wildman–Crippen MR) is 438 cm³/mol. The number of nitrogens with zero attached hydrogens (tertiary/aromatic N) is 7. The van der Waals surface area contributed by atoms with E-state index in [1.54, 1.807) is 32.0 Å². The van der Waals surface area contributed by atoms with E-state index in [-0.39, 0.29) is 33.6 Å². The molecule has 111 heavy (non-hydrogen) atoms. The number of fused-ring (bicyclic) bond motifs is 5. The average Bonchev–Trinajstić information content (AvgIpc) is 1.70. The van der Waals surface area contributed by atoms with E-state index in [0.717, 1.165) is 154 Å². The van der Waals surface area contributed by atoms with Gasteiger partial charge in [0.15, 0.2) is 0 Å². The lowest BCUT2D eigenvalue weighted by atomic mass is 9.89. The van der Waals surface area contributed by atoms with E-state index in [0.29, 0.717) is 71.4 Å². The Morgan fingerprint density at radius 3 is 1.25 bits per heavy atom. The molecule has 596 valence electrons. The summed E-state index contributed by atoms with van der Waals surface area (Å²) in [5, 5.41) is 5.46. The van der Waals surface area contributed by atoms with Crippen LogP contribution in [0.25, 0.3) is 71.2 Å². The zero-order chi connectivity index (χ0) is 79.6. The highest BCUT2D eigenvalue weighted by molar-refractivity contribution is 7.88. The van der Waals surface area contributed by atoms with Gasteiger partial charge < -0.3 is 54.0 Å². The lowest BCUT2D eigenvalue weighted by Crippen LogP contribution is -2.41. The van der Waals surface area contributed by atoms with Gasteiger partial charge in [-0.05, 0) is 180 Å². The fourth-order valence-electron chi connectivity index (χ4n) is 14.6. The smallest absolute Gasteiger partial charge is 0.279 e. The molecular weight excluding hydrogens is 1530 g/mol. The van der Waals surface area contributed by atoms with E-state index < -0.39 is 41.9 Å². The van der Waals surface area contributed by atoms with Crippen LogP contribution in [0.3, 0.4) is 0 Å². The van der Waals surface area contributed by atoms with Crippen molar-refractivity contribution in [1.82, 2.24) is 62.2 Å². The molecule has 5 aromatic heterocycles. The van der Waals surface area contributed by atoms with Crippen LogP contribution in [0.1, 0.15) is 98.4 Å². The SMILES string of the molecule is CC(=O)N1CC=C(c2c[nH]c3cc(OCCN(C)C)ccc23)CC1.CC(=O)N1CCC(c2c[nH]c3cc(F)c(Cl)cc23)CC1.CN(C)CCOc1ccc2c(C3=CCN(S(C)(=O)=O)CC3)c[nH]c2c1.CNS(=O)(=O)N1CC=C(c2c[nH]c3cc(F)ccc23)CC1.CS(=O)(=O)N1CCC(c2c[nH]c3cc(F)c(Cl)cc23)CC1. The maximum atomic E-state index is 13.5. The molecule has 10 aromatic rings. The number of likely N-dealkylation sites (tertiary alicyclic amines) is 1. The molecule has 15 rings (SSSR count). The Labute approximate surface area is 657 Å². The fraction of sp³-hybridized carbons (Fsp3) is 0.400. The van der Waals surface area contributed by atoms with E-state index in [4.69, 9.17) is 32.7 Å². The topological polar surface area (TPSA) is 269 Å². The minimum atomic E-state index is -3.38. The van der Waals surface area contributed by atoms with Gasteiger partial charge in [-0.25, -0.2) is 39.0 Å². The predicted octanol–water partition coefficient (Wildman–Crippen LogP) is 13.5. The number of nitrogens with one attached hydrogen (secondary N) is 6. The third-order valence-electron chi connectivity index (χ3n) is 20.9. The largest absolute Gasteiger partial charge is 0.492 e. The van der Waals surface area contributed by atoms with E-state index >= 15 is 0 Å². The second kappa shape index (κ2) is 36.6. The second-order valence-corrected chi connectivity index (χ2v) is 35.6. The number of hydrogen-bond donors (Lipinski definition) is 6. The third kappa shape index (κ3) is 21.1. The molecule has 6 N–H and O–H groups in total. The van der Waals surface area contributed by atoms with Gasteiger partial charge in [-0.1, -0.05) is 41.4 Å². The van der Waals surface area contributed by atoms with Crippen LogP contribution in [0.5, 0.6) is 11.5 Å². The first-order valence-electron chi connectivity index (χ1n) is 37.0. The Hall–Kier alpha value is -8.46. The van der Waals surface area contributed by atoms with Crippen LogP contribution in [0.2, 0.25) is 10.0 Å². The highest BCUT2D eigenvalue weighted by atomic mass is 35.5. The Bertz CT molecular complexity index is 5450. The van der Waals surface area contributed by atoms with Gasteiger partial charge in [0.2, 0.25) is 31.9 Å². The van der Waals surface area contributed by atoms with E-state index in [1.165, 1.54) is 84.4 Å². The molecule has 31 heteroatoms. The zero-order valence-electron chi connectivity index (χ0n) is 64.0. The summed E-state index contributed by atoms with van der Waals surface area (Å²) < 4.78 is 128. The molecule has 2 saturated heterocycles. The van der Waals surface area contributed by atoms with E-state index in [9.17, 15) is 48.0 Å². The van der Waals surface area contributed by atoms with Crippen molar-refractivity contribution in [3.8, 4) is 11.5 Å². The highest BCUT2D eigenvalue weighted by Crippen LogP contribution is 2.39. The number of piperidine rings is 2. The van der Waals surface area contributed by atoms with Crippen LogP contribution >= 0.6 is 23.2 Å². The molecule has 2 fully saturated rings. The number of likely N-dealkylation sites (N-methyl/N-ethyl adjacent to an activating group) is 2. The molecule has 2 amide bonds. The van der Waals surface area contributed by atoms with Crippen molar-refractivity contribution >= 4 is 137 Å². The number of carbonyl (C=O) groups is 2. The van der Waals surface area contributed by atoms with Gasteiger partial charge in [0.05, 0.1) is 22.6 Å². The fourth-order valence-corrected chi connectivity index (χ4v) is 17.4. The Kier molecular flexibility index (Phi) is 27.5. The second-order valence-electron chi connectivity index (χ2n) is 28.9. The van der Waals surface area contributed by atoms with Crippen LogP contribution in [-0.2, 0) is 39.8 Å². The Morgan fingerprint density at radius 2 is 0.865 bits per heavy atom. The molecule has 5 aromatic carbocycles. The number of hydrogen-bond acceptors (Lipinski definition) is 12. The first-order chi connectivity index (χ1) is 52.8. The molecule has 0 spiro atoms. The van der Waals surface area contributed by atoms with Gasteiger partial charge in [0.1, 0.15) is 42.2 Å². The molecule has 0 unspecified atom stereocenters. The molecule has 10 heterocycles. The monoisotopic (exact) mass is 1620 g/mol. The number of aromatic amines is 5. The van der Waals surface area contributed by atoms with E-state index in [2.05, 4.69) is 69.9 Å². The maximum absolute atomic E-state index is 13.5. The van der Waals surface area contributed by atoms with Crippen LogP contribution in [0.4, 0.5) is 13.2 Å². The molecule has 0 bridgehead atoms. The lowest BCUT2D eigenvalue weighted by molar-refractivity contribution is -0.130. The summed E-state index contributed by atoms with van der Waals surface area (Å²) in [4.78, 5) is 46.6. The summed E-state index contributed by atoms with van der Waals surface area (Å²) in [6.07, 6.45) is 23.9. The lowest BCUT2D eigenvalue weighted by Gasteiger charge is -2.31. The number of benzene rings is 5. The van der Waals surface area contributed by atoms with Crippen molar-refractivity contribution in [1.29, 1.82) is 0 Å². The standard InChI is InChI=1S/C19H25N3O2.C18H25N3O3S.C15H16ClFN2O.C14H16ClFN2O2S.C14H16FN3O2S/c1-14(23)22-8-6-15(7-9-22)18-13-20-19-12-16(4-5-17(18)19)24-11-10-21(2)3;1-20(2)10-11-24-15-4-5-16-17(13-19-18(16)12-15)14-6-8-21(9-7-14)25(3,22)23;1-9(20)19-4-2-10(3-5-19)12-8-18-15-7-14(17)13(16)6-11(12)15;1-21(19,20)18-4-2-9(3-5-18)11-8-17-14-7-13(16)12(15)6-10(11)14;1-16-21(19,20)18-6-4-10(5-7-18)13-9-17-14-8-11(15)2-3-12(13)14/h4-6,12-13,20H,7-11H2,1-3H3;4-6,12-13,19H,7-11H2,1-3H3;6-8,10,18H,2-5H2,1H3;6-9,17H,2-5H2,1H3;2-4,8-9,16-17H,5-7H2,1H3. The van der Waals surface area contributed by atoms with E-state index in [1.807, 2.05) is 93.1 Å². The normalized spacial score (nSPS) is 16.7. The number of sulfonamides is 2. The van der Waals surface area contributed by atoms with Crippen molar-refractivity contribution < 1.29 is 57.5 Å². The van der Waals surface area contributed by atoms with Gasteiger partial charge in [-0.15, -0.1) is 0 Å². The first-order valence-corrected chi connectivity index (χ1v) is 42.9. The number of carbonyl (C=O) groups excluding carboxylic acids is 2. The Balaban J connectivity index is 0.000000138. The molecule has 0 saturated carbocycles. The average molecular weight is 1630 g/mol. The molecule has 0 atom stereocenters. The minimum absolute atomic E-state index is 0.108. The molecular formula is C80H98Cl2F3N13O10S3. The molecule has 23 nitrogen and oxygen atoms in total. The number of halogens is 5. The van der Waals surface area contributed by atoms with Crippen molar-refractivity contribution in [2.75, 3.05) is 140 Å². The summed E-state index contributed by atoms with van der Waals surface area (Å²) in [5.74, 6) is 1.54.